The van der Waals surface area contributed by atoms with Gasteiger partial charge >= 0.3 is 6.18 Å². The van der Waals surface area contributed by atoms with Crippen molar-refractivity contribution < 1.29 is 17.9 Å². The fourth-order valence-corrected chi connectivity index (χ4v) is 1.56. The molecule has 0 spiro atoms. The van der Waals surface area contributed by atoms with E-state index in [0.29, 0.717) is 5.92 Å². The van der Waals surface area contributed by atoms with E-state index in [9.17, 15) is 13.2 Å². The van der Waals surface area contributed by atoms with Crippen LogP contribution in [-0.2, 0) is 0 Å². The maximum atomic E-state index is 12.0. The van der Waals surface area contributed by atoms with Crippen LogP contribution in [0.2, 0.25) is 0 Å². The van der Waals surface area contributed by atoms with E-state index in [1.807, 2.05) is 0 Å². The van der Waals surface area contributed by atoms with E-state index in [4.69, 9.17) is 0 Å². The van der Waals surface area contributed by atoms with Gasteiger partial charge in [-0.3, -0.25) is 4.98 Å². The zero-order valence-electron chi connectivity index (χ0n) is 10.8. The summed E-state index contributed by atoms with van der Waals surface area (Å²) < 4.78 is 40.5. The van der Waals surface area contributed by atoms with Gasteiger partial charge in [-0.15, -0.1) is 0 Å². The molecule has 1 heterocycles. The standard InChI is InChI=1S/C13H18F3NO/c1-4-9(2)10(3)12-6-5-11(7-17-12)18-8-13(14,15)16/h5-7,9-10H,4,8H2,1-3H3. The predicted octanol–water partition coefficient (Wildman–Crippen LogP) is 4.17. The molecule has 0 aliphatic carbocycles. The van der Waals surface area contributed by atoms with Gasteiger partial charge in [0, 0.05) is 11.6 Å². The molecule has 0 amide bonds. The largest absolute Gasteiger partial charge is 0.483 e. The number of ether oxygens (including phenoxy) is 1. The van der Waals surface area contributed by atoms with Gasteiger partial charge in [-0.1, -0.05) is 27.2 Å². The van der Waals surface area contributed by atoms with Crippen LogP contribution in [0.5, 0.6) is 5.75 Å². The van der Waals surface area contributed by atoms with Gasteiger partial charge in [0.1, 0.15) is 5.75 Å². The number of hydrogen-bond acceptors (Lipinski definition) is 2. The minimum absolute atomic E-state index is 0.146. The van der Waals surface area contributed by atoms with Gasteiger partial charge in [-0.2, -0.15) is 13.2 Å². The average molecular weight is 261 g/mol. The van der Waals surface area contributed by atoms with Crippen molar-refractivity contribution >= 4 is 0 Å². The summed E-state index contributed by atoms with van der Waals surface area (Å²) in [6.45, 7) is 5.00. The molecule has 0 aliphatic rings. The normalized spacial score (nSPS) is 15.2. The molecule has 0 saturated carbocycles. The van der Waals surface area contributed by atoms with Crippen LogP contribution < -0.4 is 4.74 Å². The molecule has 0 fully saturated rings. The summed E-state index contributed by atoms with van der Waals surface area (Å²) in [5.41, 5.74) is 0.878. The van der Waals surface area contributed by atoms with Crippen LogP contribution in [0.25, 0.3) is 0 Å². The van der Waals surface area contributed by atoms with Gasteiger partial charge in [-0.25, -0.2) is 0 Å². The van der Waals surface area contributed by atoms with E-state index in [1.54, 1.807) is 6.07 Å². The molecular formula is C13H18F3NO. The van der Waals surface area contributed by atoms with Crippen LogP contribution in [0.4, 0.5) is 13.2 Å². The van der Waals surface area contributed by atoms with E-state index in [-0.39, 0.29) is 11.7 Å². The predicted molar refractivity (Wildman–Crippen MR) is 63.7 cm³/mol. The zero-order chi connectivity index (χ0) is 13.8. The first-order valence-electron chi connectivity index (χ1n) is 5.99. The SMILES string of the molecule is CCC(C)C(C)c1ccc(OCC(F)(F)F)cn1. The summed E-state index contributed by atoms with van der Waals surface area (Å²) in [6.07, 6.45) is -1.93. The Hall–Kier alpha value is -1.26. The number of halogens is 3. The van der Waals surface area contributed by atoms with E-state index in [1.165, 1.54) is 12.3 Å². The van der Waals surface area contributed by atoms with Crippen molar-refractivity contribution in [1.29, 1.82) is 0 Å². The lowest BCUT2D eigenvalue weighted by molar-refractivity contribution is -0.153. The third-order valence-electron chi connectivity index (χ3n) is 3.13. The van der Waals surface area contributed by atoms with Gasteiger partial charge in [-0.05, 0) is 18.1 Å². The number of pyridine rings is 1. The lowest BCUT2D eigenvalue weighted by Gasteiger charge is -2.18. The summed E-state index contributed by atoms with van der Waals surface area (Å²) in [5.74, 6) is 0.915. The third-order valence-corrected chi connectivity index (χ3v) is 3.13. The number of alkyl halides is 3. The monoisotopic (exact) mass is 261 g/mol. The molecule has 2 unspecified atom stereocenters. The molecule has 102 valence electrons. The molecule has 0 aliphatic heterocycles. The molecule has 2 nitrogen and oxygen atoms in total. The molecule has 0 N–H and O–H groups in total. The zero-order valence-corrected chi connectivity index (χ0v) is 10.8. The summed E-state index contributed by atoms with van der Waals surface area (Å²) in [6, 6.07) is 3.26. The van der Waals surface area contributed by atoms with Crippen LogP contribution in [0.1, 0.15) is 38.8 Å². The summed E-state index contributed by atoms with van der Waals surface area (Å²) in [5, 5.41) is 0. The first kappa shape index (κ1) is 14.8. The molecule has 1 aromatic heterocycles. The molecule has 0 saturated heterocycles. The maximum Gasteiger partial charge on any atom is 0.422 e. The second-order valence-electron chi connectivity index (χ2n) is 4.50. The van der Waals surface area contributed by atoms with E-state index < -0.39 is 12.8 Å². The van der Waals surface area contributed by atoms with Crippen LogP contribution in [0.15, 0.2) is 18.3 Å². The minimum Gasteiger partial charge on any atom is -0.483 e. The van der Waals surface area contributed by atoms with Crippen molar-refractivity contribution in [2.75, 3.05) is 6.61 Å². The van der Waals surface area contributed by atoms with Crippen molar-refractivity contribution in [3.63, 3.8) is 0 Å². The van der Waals surface area contributed by atoms with Gasteiger partial charge in [0.15, 0.2) is 6.61 Å². The molecule has 2 atom stereocenters. The molecule has 18 heavy (non-hydrogen) atoms. The lowest BCUT2D eigenvalue weighted by Crippen LogP contribution is -2.19. The number of hydrogen-bond donors (Lipinski definition) is 0. The molecule has 0 aromatic carbocycles. The van der Waals surface area contributed by atoms with Crippen molar-refractivity contribution in [2.24, 2.45) is 5.92 Å². The van der Waals surface area contributed by atoms with Crippen molar-refractivity contribution in [1.82, 2.24) is 4.98 Å². The second kappa shape index (κ2) is 6.07. The molecule has 0 radical (unpaired) electrons. The summed E-state index contributed by atoms with van der Waals surface area (Å²) in [7, 11) is 0. The number of aromatic nitrogens is 1. The van der Waals surface area contributed by atoms with E-state index in [2.05, 4.69) is 30.5 Å². The molecular weight excluding hydrogens is 243 g/mol. The highest BCUT2D eigenvalue weighted by Crippen LogP contribution is 2.26. The Bertz CT molecular complexity index is 361. The highest BCUT2D eigenvalue weighted by atomic mass is 19.4. The summed E-state index contributed by atoms with van der Waals surface area (Å²) >= 11 is 0. The van der Waals surface area contributed by atoms with Gasteiger partial charge < -0.3 is 4.74 Å². The third kappa shape index (κ3) is 4.55. The topological polar surface area (TPSA) is 22.1 Å². The Balaban J connectivity index is 2.63. The fraction of sp³-hybridized carbons (Fsp3) is 0.615. The van der Waals surface area contributed by atoms with Crippen LogP contribution in [-0.4, -0.2) is 17.8 Å². The molecule has 0 bridgehead atoms. The quantitative estimate of drug-likeness (QED) is 0.793. The van der Waals surface area contributed by atoms with Crippen molar-refractivity contribution in [3.05, 3.63) is 24.0 Å². The first-order chi connectivity index (χ1) is 8.33. The molecule has 5 heteroatoms. The highest BCUT2D eigenvalue weighted by molar-refractivity contribution is 5.21. The molecule has 1 aromatic rings. The number of nitrogens with zero attached hydrogens (tertiary/aromatic N) is 1. The van der Waals surface area contributed by atoms with E-state index in [0.717, 1.165) is 12.1 Å². The Labute approximate surface area is 105 Å². The van der Waals surface area contributed by atoms with Gasteiger partial charge in [0.05, 0.1) is 6.20 Å². The Morgan fingerprint density at radius 3 is 2.39 bits per heavy atom. The fourth-order valence-electron chi connectivity index (χ4n) is 1.56. The maximum absolute atomic E-state index is 12.0. The number of rotatable bonds is 5. The first-order valence-corrected chi connectivity index (χ1v) is 5.99. The van der Waals surface area contributed by atoms with Crippen molar-refractivity contribution in [2.45, 2.75) is 39.3 Å². The Morgan fingerprint density at radius 1 is 1.28 bits per heavy atom. The average Bonchev–Trinajstić information content (AvgIpc) is 2.34. The second-order valence-corrected chi connectivity index (χ2v) is 4.50. The van der Waals surface area contributed by atoms with Gasteiger partial charge in [0.25, 0.3) is 0 Å². The van der Waals surface area contributed by atoms with E-state index >= 15 is 0 Å². The van der Waals surface area contributed by atoms with Gasteiger partial charge in [0.2, 0.25) is 0 Å². The highest BCUT2D eigenvalue weighted by Gasteiger charge is 2.28. The smallest absolute Gasteiger partial charge is 0.422 e. The molecule has 1 rings (SSSR count). The van der Waals surface area contributed by atoms with Crippen LogP contribution in [0.3, 0.4) is 0 Å². The Kier molecular flexibility index (Phi) is 4.99. The minimum atomic E-state index is -4.32. The van der Waals surface area contributed by atoms with Crippen LogP contribution in [0, 0.1) is 5.92 Å². The lowest BCUT2D eigenvalue weighted by atomic mass is 9.90. The Morgan fingerprint density at radius 2 is 1.94 bits per heavy atom. The van der Waals surface area contributed by atoms with Crippen LogP contribution >= 0.6 is 0 Å². The van der Waals surface area contributed by atoms with Crippen molar-refractivity contribution in [3.8, 4) is 5.75 Å². The summed E-state index contributed by atoms with van der Waals surface area (Å²) in [4.78, 5) is 4.16.